The molecule has 23 heavy (non-hydrogen) atoms. The van der Waals surface area contributed by atoms with E-state index in [-0.39, 0.29) is 11.6 Å². The van der Waals surface area contributed by atoms with Gasteiger partial charge in [0.2, 0.25) is 10.0 Å². The van der Waals surface area contributed by atoms with Gasteiger partial charge in [-0.15, -0.1) is 0 Å². The van der Waals surface area contributed by atoms with E-state index in [0.717, 1.165) is 6.26 Å². The van der Waals surface area contributed by atoms with Crippen molar-refractivity contribution in [1.82, 2.24) is 19.5 Å². The van der Waals surface area contributed by atoms with Gasteiger partial charge in [0.1, 0.15) is 12.4 Å². The van der Waals surface area contributed by atoms with Crippen LogP contribution in [0.25, 0.3) is 11.4 Å². The van der Waals surface area contributed by atoms with E-state index >= 15 is 0 Å². The van der Waals surface area contributed by atoms with Crippen molar-refractivity contribution in [3.05, 3.63) is 36.2 Å². The second kappa shape index (κ2) is 6.28. The number of aromatic nitrogens is 3. The summed E-state index contributed by atoms with van der Waals surface area (Å²) in [6.07, 6.45) is -3.58. The highest BCUT2D eigenvalue weighted by Crippen LogP contribution is 2.23. The fourth-order valence-electron chi connectivity index (χ4n) is 2.04. The smallest absolute Gasteiger partial charge is 0.239 e. The number of hydrogen-bond acceptors (Lipinski definition) is 4. The molecule has 0 fully saturated rings. The normalized spacial score (nSPS) is 14.0. The third kappa shape index (κ3) is 5.03. The molecule has 0 amide bonds. The zero-order valence-electron chi connectivity index (χ0n) is 12.4. The van der Waals surface area contributed by atoms with Crippen LogP contribution in [0.3, 0.4) is 0 Å². The van der Waals surface area contributed by atoms with Crippen LogP contribution in [-0.2, 0) is 16.6 Å². The number of rotatable bonds is 5. The number of halogens is 3. The molecular weight excluding hydrogens is 333 g/mol. The van der Waals surface area contributed by atoms with Crippen LogP contribution in [-0.4, -0.2) is 35.6 Å². The van der Waals surface area contributed by atoms with E-state index in [2.05, 4.69) is 14.8 Å². The summed E-state index contributed by atoms with van der Waals surface area (Å²) in [5.74, 6) is -0.00129. The van der Waals surface area contributed by atoms with E-state index in [4.69, 9.17) is 0 Å². The van der Waals surface area contributed by atoms with Gasteiger partial charge >= 0.3 is 6.18 Å². The molecule has 6 nitrogen and oxygen atoms in total. The Balaban J connectivity index is 2.44. The summed E-state index contributed by atoms with van der Waals surface area (Å²) in [4.78, 5) is 4.07. The van der Waals surface area contributed by atoms with Crippen molar-refractivity contribution >= 4 is 10.0 Å². The average molecular weight is 348 g/mol. The summed E-state index contributed by atoms with van der Waals surface area (Å²) in [6.45, 7) is 0.0602. The zero-order chi connectivity index (χ0) is 17.3. The van der Waals surface area contributed by atoms with E-state index in [9.17, 15) is 21.6 Å². The minimum Gasteiger partial charge on any atom is -0.239 e. The van der Waals surface area contributed by atoms with Gasteiger partial charge in [0, 0.05) is 5.56 Å². The highest BCUT2D eigenvalue weighted by atomic mass is 32.2. The van der Waals surface area contributed by atoms with E-state index in [0.29, 0.717) is 10.2 Å². The standard InChI is InChI=1S/C13H15F3N4O2S/c1-9(19-23(2,21)22)12-17-11(10-6-4-3-5-7-10)18-20(12)8-13(14,15)16/h3-7,9,19H,8H2,1-2H3. The van der Waals surface area contributed by atoms with Crippen LogP contribution < -0.4 is 4.72 Å². The summed E-state index contributed by atoms with van der Waals surface area (Å²) >= 11 is 0. The molecule has 1 atom stereocenters. The van der Waals surface area contributed by atoms with Gasteiger partial charge in [-0.25, -0.2) is 22.8 Å². The highest BCUT2D eigenvalue weighted by Gasteiger charge is 2.32. The Bertz CT molecular complexity index is 772. The molecule has 1 heterocycles. The maximum absolute atomic E-state index is 12.7. The molecular formula is C13H15F3N4O2S. The fourth-order valence-corrected chi connectivity index (χ4v) is 2.79. The Hall–Kier alpha value is -1.94. The SMILES string of the molecule is CC(NS(C)(=O)=O)c1nc(-c2ccccc2)nn1CC(F)(F)F. The van der Waals surface area contributed by atoms with Gasteiger partial charge in [0.05, 0.1) is 12.3 Å². The maximum atomic E-state index is 12.7. The van der Waals surface area contributed by atoms with E-state index in [1.54, 1.807) is 30.3 Å². The molecule has 0 saturated heterocycles. The molecule has 1 unspecified atom stereocenters. The number of nitrogens with one attached hydrogen (secondary N) is 1. The van der Waals surface area contributed by atoms with Crippen LogP contribution in [0, 0.1) is 0 Å². The second-order valence-corrected chi connectivity index (χ2v) is 6.82. The van der Waals surface area contributed by atoms with E-state index in [1.165, 1.54) is 6.92 Å². The Labute approximate surface area is 131 Å². The molecule has 2 aromatic rings. The monoisotopic (exact) mass is 348 g/mol. The fraction of sp³-hybridized carbons (Fsp3) is 0.385. The minimum atomic E-state index is -4.50. The molecule has 0 radical (unpaired) electrons. The molecule has 126 valence electrons. The maximum Gasteiger partial charge on any atom is 0.408 e. The lowest BCUT2D eigenvalue weighted by atomic mass is 10.2. The van der Waals surface area contributed by atoms with Crippen LogP contribution >= 0.6 is 0 Å². The summed E-state index contributed by atoms with van der Waals surface area (Å²) in [5.41, 5.74) is 0.543. The summed E-state index contributed by atoms with van der Waals surface area (Å²) in [5, 5.41) is 3.87. The van der Waals surface area contributed by atoms with E-state index in [1.807, 2.05) is 0 Å². The van der Waals surface area contributed by atoms with Crippen LogP contribution in [0.2, 0.25) is 0 Å². The topological polar surface area (TPSA) is 76.9 Å². The number of benzene rings is 1. The first-order valence-electron chi connectivity index (χ1n) is 6.59. The largest absolute Gasteiger partial charge is 0.408 e. The Morgan fingerprint density at radius 2 is 1.87 bits per heavy atom. The molecule has 0 aliphatic heterocycles. The van der Waals surface area contributed by atoms with Crippen LogP contribution in [0.4, 0.5) is 13.2 Å². The molecule has 0 bridgehead atoms. The lowest BCUT2D eigenvalue weighted by molar-refractivity contribution is -0.143. The Morgan fingerprint density at radius 1 is 1.26 bits per heavy atom. The molecule has 0 spiro atoms. The summed E-state index contributed by atoms with van der Waals surface area (Å²) in [7, 11) is -3.60. The van der Waals surface area contributed by atoms with Crippen molar-refractivity contribution in [2.24, 2.45) is 0 Å². The molecule has 2 rings (SSSR count). The molecule has 1 aromatic carbocycles. The van der Waals surface area contributed by atoms with Crippen molar-refractivity contribution in [2.75, 3.05) is 6.26 Å². The van der Waals surface area contributed by atoms with Gasteiger partial charge in [0.25, 0.3) is 0 Å². The third-order valence-electron chi connectivity index (χ3n) is 2.84. The number of alkyl halides is 3. The summed E-state index contributed by atoms with van der Waals surface area (Å²) < 4.78 is 63.6. The van der Waals surface area contributed by atoms with Crippen molar-refractivity contribution in [2.45, 2.75) is 25.7 Å². The van der Waals surface area contributed by atoms with Crippen LogP contribution in [0.15, 0.2) is 30.3 Å². The first kappa shape index (κ1) is 17.4. The highest BCUT2D eigenvalue weighted by molar-refractivity contribution is 7.88. The van der Waals surface area contributed by atoms with Crippen LogP contribution in [0.1, 0.15) is 18.8 Å². The quantitative estimate of drug-likeness (QED) is 0.898. The van der Waals surface area contributed by atoms with E-state index < -0.39 is 28.8 Å². The van der Waals surface area contributed by atoms with Gasteiger partial charge in [-0.05, 0) is 6.92 Å². The number of nitrogens with zero attached hydrogens (tertiary/aromatic N) is 3. The molecule has 0 aliphatic rings. The molecule has 1 aromatic heterocycles. The van der Waals surface area contributed by atoms with Crippen molar-refractivity contribution in [1.29, 1.82) is 0 Å². The first-order chi connectivity index (χ1) is 10.6. The van der Waals surface area contributed by atoms with Gasteiger partial charge in [0.15, 0.2) is 5.82 Å². The van der Waals surface area contributed by atoms with Gasteiger partial charge < -0.3 is 0 Å². The third-order valence-corrected chi connectivity index (χ3v) is 3.62. The van der Waals surface area contributed by atoms with Gasteiger partial charge in [-0.3, -0.25) is 0 Å². The lowest BCUT2D eigenvalue weighted by Gasteiger charge is -2.14. The van der Waals surface area contributed by atoms with Gasteiger partial charge in [-0.2, -0.15) is 18.3 Å². The molecule has 10 heteroatoms. The average Bonchev–Trinajstić information content (AvgIpc) is 2.79. The Kier molecular flexibility index (Phi) is 4.76. The molecule has 0 saturated carbocycles. The zero-order valence-corrected chi connectivity index (χ0v) is 13.2. The lowest BCUT2D eigenvalue weighted by Crippen LogP contribution is -2.29. The number of hydrogen-bond donors (Lipinski definition) is 1. The molecule has 0 aliphatic carbocycles. The number of sulfonamides is 1. The van der Waals surface area contributed by atoms with Crippen molar-refractivity contribution < 1.29 is 21.6 Å². The summed E-state index contributed by atoms with van der Waals surface area (Å²) in [6, 6.07) is 7.54. The van der Waals surface area contributed by atoms with Crippen molar-refractivity contribution in [3.63, 3.8) is 0 Å². The minimum absolute atomic E-state index is 0.104. The first-order valence-corrected chi connectivity index (χ1v) is 8.48. The van der Waals surface area contributed by atoms with Crippen molar-refractivity contribution in [3.8, 4) is 11.4 Å². The Morgan fingerprint density at radius 3 is 2.39 bits per heavy atom. The predicted octanol–water partition coefficient (Wildman–Crippen LogP) is 2.12. The predicted molar refractivity (Wildman–Crippen MR) is 77.9 cm³/mol. The molecule has 1 N–H and O–H groups in total. The van der Waals surface area contributed by atoms with Crippen LogP contribution in [0.5, 0.6) is 0 Å². The van der Waals surface area contributed by atoms with Gasteiger partial charge in [-0.1, -0.05) is 30.3 Å². The second-order valence-electron chi connectivity index (χ2n) is 5.04.